The molecule has 1 saturated carbocycles. The number of thioether (sulfide) groups is 1. The summed E-state index contributed by atoms with van der Waals surface area (Å²) >= 11 is 1.95. The highest BCUT2D eigenvalue weighted by atomic mass is 32.2. The molecule has 2 aliphatic heterocycles. The molecule has 2 unspecified atom stereocenters. The summed E-state index contributed by atoms with van der Waals surface area (Å²) in [5.41, 5.74) is 0. The maximum Gasteiger partial charge on any atom is 0.246 e. The highest BCUT2D eigenvalue weighted by Gasteiger charge is 2.48. The van der Waals surface area contributed by atoms with E-state index in [0.717, 1.165) is 43.6 Å². The average molecular weight is 282 g/mol. The fourth-order valence-electron chi connectivity index (χ4n) is 3.28. The average Bonchev–Trinajstić information content (AvgIpc) is 3.26. The number of nitrogens with one attached hydrogen (secondary N) is 1. The molecule has 2 amide bonds. The molecule has 3 aliphatic rings. The van der Waals surface area contributed by atoms with Crippen LogP contribution in [0.5, 0.6) is 0 Å². The van der Waals surface area contributed by atoms with Gasteiger partial charge < -0.3 is 10.2 Å². The van der Waals surface area contributed by atoms with E-state index in [4.69, 9.17) is 0 Å². The van der Waals surface area contributed by atoms with Gasteiger partial charge in [0, 0.05) is 6.04 Å². The minimum atomic E-state index is -0.240. The number of rotatable bonds is 3. The zero-order chi connectivity index (χ0) is 13.4. The third kappa shape index (κ3) is 2.49. The second-order valence-corrected chi connectivity index (χ2v) is 7.06. The molecule has 0 spiro atoms. The first-order chi connectivity index (χ1) is 9.22. The third-order valence-corrected chi connectivity index (χ3v) is 5.57. The van der Waals surface area contributed by atoms with Crippen molar-refractivity contribution in [2.45, 2.75) is 57.2 Å². The highest BCUT2D eigenvalue weighted by molar-refractivity contribution is 7.99. The predicted octanol–water partition coefficient (Wildman–Crippen LogP) is 1.40. The van der Waals surface area contributed by atoms with Crippen molar-refractivity contribution in [3.8, 4) is 0 Å². The van der Waals surface area contributed by atoms with E-state index in [-0.39, 0.29) is 29.9 Å². The molecule has 2 atom stereocenters. The molecule has 0 aromatic carbocycles. The molecule has 0 aromatic heterocycles. The summed E-state index contributed by atoms with van der Waals surface area (Å²) < 4.78 is 0. The first kappa shape index (κ1) is 13.3. The van der Waals surface area contributed by atoms with E-state index in [2.05, 4.69) is 5.32 Å². The zero-order valence-electron chi connectivity index (χ0n) is 11.4. The number of hydrogen-bond donors (Lipinski definition) is 1. The van der Waals surface area contributed by atoms with Crippen LogP contribution in [-0.4, -0.2) is 46.3 Å². The molecule has 0 radical (unpaired) electrons. The SMILES string of the molecule is CCC1C(=O)NC(C2CC2)C(=O)N1C1CCSCC1. The molecule has 4 nitrogen and oxygen atoms in total. The minimum Gasteiger partial charge on any atom is -0.342 e. The molecular weight excluding hydrogens is 260 g/mol. The lowest BCUT2D eigenvalue weighted by atomic mass is 9.97. The maximum atomic E-state index is 12.7. The van der Waals surface area contributed by atoms with Crippen LogP contribution in [0.2, 0.25) is 0 Å². The fourth-order valence-corrected chi connectivity index (χ4v) is 4.36. The van der Waals surface area contributed by atoms with Crippen LogP contribution >= 0.6 is 11.8 Å². The van der Waals surface area contributed by atoms with Gasteiger partial charge in [-0.25, -0.2) is 0 Å². The Kier molecular flexibility index (Phi) is 3.74. The van der Waals surface area contributed by atoms with Crippen LogP contribution < -0.4 is 5.32 Å². The van der Waals surface area contributed by atoms with Crippen molar-refractivity contribution in [3.05, 3.63) is 0 Å². The van der Waals surface area contributed by atoms with Crippen molar-refractivity contribution in [1.29, 1.82) is 0 Å². The number of piperazine rings is 1. The van der Waals surface area contributed by atoms with E-state index < -0.39 is 0 Å². The first-order valence-electron chi connectivity index (χ1n) is 7.42. The number of hydrogen-bond acceptors (Lipinski definition) is 3. The molecule has 0 aromatic rings. The Bertz CT molecular complexity index is 378. The lowest BCUT2D eigenvalue weighted by Crippen LogP contribution is -2.66. The summed E-state index contributed by atoms with van der Waals surface area (Å²) in [6, 6.07) is -0.188. The molecule has 2 saturated heterocycles. The van der Waals surface area contributed by atoms with E-state index >= 15 is 0 Å². The Labute approximate surface area is 118 Å². The first-order valence-corrected chi connectivity index (χ1v) is 8.58. The van der Waals surface area contributed by atoms with E-state index in [9.17, 15) is 9.59 Å². The quantitative estimate of drug-likeness (QED) is 0.851. The summed E-state index contributed by atoms with van der Waals surface area (Å²) in [6.45, 7) is 2.00. The Morgan fingerprint density at radius 2 is 1.89 bits per heavy atom. The molecule has 2 heterocycles. The Morgan fingerprint density at radius 3 is 2.47 bits per heavy atom. The van der Waals surface area contributed by atoms with Crippen molar-refractivity contribution in [1.82, 2.24) is 10.2 Å². The second kappa shape index (κ2) is 5.35. The Balaban J connectivity index is 1.81. The number of nitrogens with zero attached hydrogens (tertiary/aromatic N) is 1. The summed E-state index contributed by atoms with van der Waals surface area (Å²) in [5, 5.41) is 2.96. The van der Waals surface area contributed by atoms with Crippen molar-refractivity contribution in [2.24, 2.45) is 5.92 Å². The van der Waals surface area contributed by atoms with Crippen LogP contribution in [0.15, 0.2) is 0 Å². The number of amides is 2. The standard InChI is InChI=1S/C14H22N2O2S/c1-2-11-13(17)15-12(9-3-4-9)14(18)16(11)10-5-7-19-8-6-10/h9-12H,2-8H2,1H3,(H,15,17). The Hall–Kier alpha value is -0.710. The van der Waals surface area contributed by atoms with E-state index in [1.54, 1.807) is 0 Å². The molecule has 106 valence electrons. The van der Waals surface area contributed by atoms with E-state index in [1.807, 2.05) is 23.6 Å². The van der Waals surface area contributed by atoms with Gasteiger partial charge in [0.05, 0.1) is 0 Å². The van der Waals surface area contributed by atoms with Gasteiger partial charge in [-0.1, -0.05) is 6.92 Å². The summed E-state index contributed by atoms with van der Waals surface area (Å²) in [4.78, 5) is 26.9. The van der Waals surface area contributed by atoms with E-state index in [1.165, 1.54) is 0 Å². The van der Waals surface area contributed by atoms with Crippen molar-refractivity contribution in [2.75, 3.05) is 11.5 Å². The van der Waals surface area contributed by atoms with Crippen molar-refractivity contribution < 1.29 is 9.59 Å². The van der Waals surface area contributed by atoms with Crippen LogP contribution in [0.25, 0.3) is 0 Å². The smallest absolute Gasteiger partial charge is 0.246 e. The van der Waals surface area contributed by atoms with Gasteiger partial charge in [-0.2, -0.15) is 11.8 Å². The molecule has 5 heteroatoms. The largest absolute Gasteiger partial charge is 0.342 e. The Morgan fingerprint density at radius 1 is 1.21 bits per heavy atom. The van der Waals surface area contributed by atoms with Gasteiger partial charge in [0.2, 0.25) is 11.8 Å². The summed E-state index contributed by atoms with van der Waals surface area (Å²) in [6.07, 6.45) is 4.97. The molecule has 3 rings (SSSR count). The lowest BCUT2D eigenvalue weighted by Gasteiger charge is -2.44. The van der Waals surface area contributed by atoms with Crippen LogP contribution in [0.4, 0.5) is 0 Å². The number of carbonyl (C=O) groups is 2. The molecule has 3 fully saturated rings. The summed E-state index contributed by atoms with van der Waals surface area (Å²) in [7, 11) is 0. The van der Waals surface area contributed by atoms with Crippen LogP contribution in [0, 0.1) is 5.92 Å². The fraction of sp³-hybridized carbons (Fsp3) is 0.857. The van der Waals surface area contributed by atoms with Gasteiger partial charge in [-0.05, 0) is 49.5 Å². The maximum absolute atomic E-state index is 12.7. The van der Waals surface area contributed by atoms with Gasteiger partial charge in [0.15, 0.2) is 0 Å². The monoisotopic (exact) mass is 282 g/mol. The molecule has 1 aliphatic carbocycles. The topological polar surface area (TPSA) is 49.4 Å². The summed E-state index contributed by atoms with van der Waals surface area (Å²) in [5.74, 6) is 2.87. The minimum absolute atomic E-state index is 0.0669. The van der Waals surface area contributed by atoms with Gasteiger partial charge in [0.25, 0.3) is 0 Å². The second-order valence-electron chi connectivity index (χ2n) is 5.84. The molecule has 1 N–H and O–H groups in total. The zero-order valence-corrected chi connectivity index (χ0v) is 12.2. The van der Waals surface area contributed by atoms with Gasteiger partial charge in [0.1, 0.15) is 12.1 Å². The van der Waals surface area contributed by atoms with Gasteiger partial charge in [-0.3, -0.25) is 9.59 Å². The van der Waals surface area contributed by atoms with Crippen molar-refractivity contribution in [3.63, 3.8) is 0 Å². The molecule has 19 heavy (non-hydrogen) atoms. The van der Waals surface area contributed by atoms with Crippen molar-refractivity contribution >= 4 is 23.6 Å². The van der Waals surface area contributed by atoms with Gasteiger partial charge in [-0.15, -0.1) is 0 Å². The molecule has 0 bridgehead atoms. The third-order valence-electron chi connectivity index (χ3n) is 4.52. The van der Waals surface area contributed by atoms with Crippen LogP contribution in [-0.2, 0) is 9.59 Å². The number of carbonyl (C=O) groups excluding carboxylic acids is 2. The van der Waals surface area contributed by atoms with Gasteiger partial charge >= 0.3 is 0 Å². The van der Waals surface area contributed by atoms with Crippen LogP contribution in [0.1, 0.15) is 39.0 Å². The molecular formula is C14H22N2O2S. The normalized spacial score (nSPS) is 33.4. The van der Waals surface area contributed by atoms with E-state index in [0.29, 0.717) is 5.92 Å². The highest BCUT2D eigenvalue weighted by Crippen LogP contribution is 2.36. The van der Waals surface area contributed by atoms with Crippen LogP contribution in [0.3, 0.4) is 0 Å². The lowest BCUT2D eigenvalue weighted by molar-refractivity contribution is -0.153. The predicted molar refractivity (Wildman–Crippen MR) is 75.9 cm³/mol.